The van der Waals surface area contributed by atoms with Crippen LogP contribution in [-0.4, -0.2) is 9.78 Å². The summed E-state index contributed by atoms with van der Waals surface area (Å²) in [5.74, 6) is 0. The van der Waals surface area contributed by atoms with E-state index in [0.717, 1.165) is 31.8 Å². The van der Waals surface area contributed by atoms with E-state index in [1.807, 2.05) is 10.7 Å². The Bertz CT molecular complexity index is 778. The Hall–Kier alpha value is -0.690. The highest BCUT2D eigenvalue weighted by atomic mass is 79.9. The van der Waals surface area contributed by atoms with Gasteiger partial charge in [0.2, 0.25) is 0 Å². The first kappa shape index (κ1) is 15.2. The highest BCUT2D eigenvalue weighted by molar-refractivity contribution is 9.12. The first-order valence-electron chi connectivity index (χ1n) is 6.75. The van der Waals surface area contributed by atoms with Gasteiger partial charge in [0.05, 0.1) is 18.8 Å². The van der Waals surface area contributed by atoms with E-state index in [-0.39, 0.29) is 6.04 Å². The lowest BCUT2D eigenvalue weighted by Gasteiger charge is -2.09. The van der Waals surface area contributed by atoms with E-state index >= 15 is 0 Å². The van der Waals surface area contributed by atoms with Crippen molar-refractivity contribution < 1.29 is 0 Å². The number of para-hydroxylation sites is 1. The molecule has 110 valence electrons. The number of fused-ring (bicyclic) bond motifs is 1. The van der Waals surface area contributed by atoms with Crippen LogP contribution < -0.4 is 5.73 Å². The molecule has 21 heavy (non-hydrogen) atoms. The van der Waals surface area contributed by atoms with Crippen molar-refractivity contribution in [2.24, 2.45) is 5.73 Å². The molecule has 0 amide bonds. The predicted octanol–water partition coefficient (Wildman–Crippen LogP) is 4.89. The van der Waals surface area contributed by atoms with Crippen LogP contribution in [-0.2, 0) is 13.0 Å². The minimum Gasteiger partial charge on any atom is -0.324 e. The molecule has 2 heterocycles. The van der Waals surface area contributed by atoms with E-state index in [1.54, 1.807) is 11.3 Å². The summed E-state index contributed by atoms with van der Waals surface area (Å²) in [6.07, 6.45) is 0.731. The minimum absolute atomic E-state index is 0.0643. The zero-order valence-electron chi connectivity index (χ0n) is 11.5. The van der Waals surface area contributed by atoms with E-state index < -0.39 is 0 Å². The average Bonchev–Trinajstić information content (AvgIpc) is 2.99. The van der Waals surface area contributed by atoms with Gasteiger partial charge < -0.3 is 5.73 Å². The second-order valence-corrected chi connectivity index (χ2v) is 8.62. The van der Waals surface area contributed by atoms with Crippen LogP contribution >= 0.6 is 43.2 Å². The number of benzene rings is 1. The number of nitrogens with zero attached hydrogens (tertiary/aromatic N) is 2. The van der Waals surface area contributed by atoms with Gasteiger partial charge in [0.25, 0.3) is 0 Å². The number of rotatable bonds is 4. The van der Waals surface area contributed by atoms with Crippen LogP contribution in [0.1, 0.15) is 24.2 Å². The molecule has 0 aliphatic heterocycles. The quantitative estimate of drug-likeness (QED) is 0.643. The first-order valence-corrected chi connectivity index (χ1v) is 9.15. The van der Waals surface area contributed by atoms with Gasteiger partial charge in [-0.2, -0.15) is 5.10 Å². The van der Waals surface area contributed by atoms with Crippen molar-refractivity contribution in [1.29, 1.82) is 0 Å². The van der Waals surface area contributed by atoms with Crippen LogP contribution in [0, 0.1) is 0 Å². The Labute approximate surface area is 144 Å². The maximum Gasteiger partial charge on any atom is 0.0758 e. The summed E-state index contributed by atoms with van der Waals surface area (Å²) in [7, 11) is 0. The number of halogens is 2. The number of aromatic nitrogens is 2. The van der Waals surface area contributed by atoms with E-state index in [1.165, 1.54) is 10.9 Å². The molecule has 1 aromatic carbocycles. The van der Waals surface area contributed by atoms with Crippen molar-refractivity contribution in [3.63, 3.8) is 0 Å². The molecule has 0 aliphatic carbocycles. The number of aryl methyl sites for hydroxylation is 1. The Morgan fingerprint density at radius 2 is 2.10 bits per heavy atom. The maximum atomic E-state index is 6.39. The Balaban J connectivity index is 1.96. The van der Waals surface area contributed by atoms with Crippen molar-refractivity contribution in [1.82, 2.24) is 9.78 Å². The molecule has 2 N–H and O–H groups in total. The summed E-state index contributed by atoms with van der Waals surface area (Å²) < 4.78 is 4.21. The number of nitrogens with two attached hydrogens (primary N) is 1. The van der Waals surface area contributed by atoms with Gasteiger partial charge in [0.1, 0.15) is 0 Å². The van der Waals surface area contributed by atoms with Crippen molar-refractivity contribution in [2.75, 3.05) is 0 Å². The number of hydrogen-bond donors (Lipinski definition) is 1. The van der Waals surface area contributed by atoms with Crippen LogP contribution in [0.3, 0.4) is 0 Å². The second kappa shape index (κ2) is 6.20. The molecule has 0 spiro atoms. The number of hydrogen-bond acceptors (Lipinski definition) is 3. The van der Waals surface area contributed by atoms with Gasteiger partial charge in [-0.3, -0.25) is 4.68 Å². The molecule has 2 aromatic heterocycles. The molecule has 0 saturated heterocycles. The zero-order chi connectivity index (χ0) is 15.0. The largest absolute Gasteiger partial charge is 0.324 e. The molecule has 3 nitrogen and oxygen atoms in total. The Kier molecular flexibility index (Phi) is 4.49. The maximum absolute atomic E-state index is 6.39. The van der Waals surface area contributed by atoms with Crippen molar-refractivity contribution in [2.45, 2.75) is 25.9 Å². The Morgan fingerprint density at radius 1 is 1.33 bits per heavy atom. The van der Waals surface area contributed by atoms with Crippen molar-refractivity contribution in [3.05, 3.63) is 49.2 Å². The molecule has 0 aliphatic rings. The van der Waals surface area contributed by atoms with Gasteiger partial charge >= 0.3 is 0 Å². The molecule has 0 saturated carbocycles. The monoisotopic (exact) mass is 427 g/mol. The predicted molar refractivity (Wildman–Crippen MR) is 95.8 cm³/mol. The Morgan fingerprint density at radius 3 is 2.76 bits per heavy atom. The van der Waals surface area contributed by atoms with E-state index in [2.05, 4.69) is 63.0 Å². The average molecular weight is 429 g/mol. The fourth-order valence-electron chi connectivity index (χ4n) is 2.51. The van der Waals surface area contributed by atoms with Gasteiger partial charge in [-0.25, -0.2) is 0 Å². The fraction of sp³-hybridized carbons (Fsp3) is 0.267. The van der Waals surface area contributed by atoms with Gasteiger partial charge in [-0.1, -0.05) is 18.2 Å². The molecular weight excluding hydrogens is 414 g/mol. The molecule has 1 unspecified atom stereocenters. The zero-order valence-corrected chi connectivity index (χ0v) is 15.5. The first-order chi connectivity index (χ1) is 10.1. The molecule has 0 radical (unpaired) electrons. The van der Waals surface area contributed by atoms with Crippen LogP contribution in [0.25, 0.3) is 10.9 Å². The van der Waals surface area contributed by atoms with Crippen molar-refractivity contribution in [3.8, 4) is 0 Å². The van der Waals surface area contributed by atoms with Gasteiger partial charge in [-0.15, -0.1) is 11.3 Å². The molecule has 1 atom stereocenters. The van der Waals surface area contributed by atoms with Gasteiger partial charge in [0, 0.05) is 24.4 Å². The van der Waals surface area contributed by atoms with Gasteiger partial charge in [0.15, 0.2) is 0 Å². The summed E-state index contributed by atoms with van der Waals surface area (Å²) in [5.41, 5.74) is 9.75. The third kappa shape index (κ3) is 2.95. The van der Waals surface area contributed by atoms with Crippen LogP contribution in [0.2, 0.25) is 0 Å². The highest BCUT2D eigenvalue weighted by Crippen LogP contribution is 2.36. The molecule has 6 heteroatoms. The molecule has 3 rings (SSSR count). The van der Waals surface area contributed by atoms with Gasteiger partial charge in [-0.05, 0) is 56.5 Å². The van der Waals surface area contributed by atoms with Crippen LogP contribution in [0.5, 0.6) is 0 Å². The summed E-state index contributed by atoms with van der Waals surface area (Å²) in [6, 6.07) is 10.3. The third-order valence-corrected chi connectivity index (χ3v) is 5.92. The SMILES string of the molecule is CCn1nc(CC(N)c2cc(Br)sc2Br)c2ccccc21. The van der Waals surface area contributed by atoms with Crippen LogP contribution in [0.15, 0.2) is 37.9 Å². The summed E-state index contributed by atoms with van der Waals surface area (Å²) in [5, 5.41) is 5.92. The molecule has 3 aromatic rings. The van der Waals surface area contributed by atoms with Crippen LogP contribution in [0.4, 0.5) is 0 Å². The normalized spacial score (nSPS) is 13.0. The number of thiophene rings is 1. The molecule has 0 fully saturated rings. The van der Waals surface area contributed by atoms with E-state index in [9.17, 15) is 0 Å². The molecule has 0 bridgehead atoms. The summed E-state index contributed by atoms with van der Waals surface area (Å²) in [6.45, 7) is 2.97. The highest BCUT2D eigenvalue weighted by Gasteiger charge is 2.17. The second-order valence-electron chi connectivity index (χ2n) is 4.87. The van der Waals surface area contributed by atoms with E-state index in [4.69, 9.17) is 10.8 Å². The lowest BCUT2D eigenvalue weighted by molar-refractivity contribution is 0.641. The lowest BCUT2D eigenvalue weighted by atomic mass is 10.0. The topological polar surface area (TPSA) is 43.8 Å². The third-order valence-electron chi connectivity index (χ3n) is 3.53. The molecular formula is C15H15Br2N3S. The minimum atomic E-state index is -0.0643. The summed E-state index contributed by atoms with van der Waals surface area (Å²) in [4.78, 5) is 0. The fourth-order valence-corrected chi connectivity index (χ4v) is 5.51. The smallest absolute Gasteiger partial charge is 0.0758 e. The van der Waals surface area contributed by atoms with Crippen molar-refractivity contribution >= 4 is 54.1 Å². The lowest BCUT2D eigenvalue weighted by Crippen LogP contribution is -2.13. The summed E-state index contributed by atoms with van der Waals surface area (Å²) >= 11 is 8.74. The van der Waals surface area contributed by atoms with E-state index in [0.29, 0.717) is 0 Å². The standard InChI is InChI=1S/C15H15Br2N3S/c1-2-20-13-6-4-3-5-9(13)12(19-20)8-11(18)10-7-14(16)21-15(10)17/h3-7,11H,2,8,18H2,1H3.